The summed E-state index contributed by atoms with van der Waals surface area (Å²) in [6.45, 7) is 7.38. The lowest BCUT2D eigenvalue weighted by Gasteiger charge is -2.31. The molecule has 1 atom stereocenters. The molecule has 1 amide bonds. The van der Waals surface area contributed by atoms with Crippen LogP contribution < -0.4 is 0 Å². The van der Waals surface area contributed by atoms with Crippen LogP contribution in [0.1, 0.15) is 43.4 Å². The van der Waals surface area contributed by atoms with Crippen molar-refractivity contribution in [2.24, 2.45) is 11.3 Å². The van der Waals surface area contributed by atoms with Crippen LogP contribution in [-0.4, -0.2) is 17.4 Å². The Morgan fingerprint density at radius 2 is 1.63 bits per heavy atom. The Kier molecular flexibility index (Phi) is 5.69. The number of carbonyl (C=O) groups excluding carboxylic acids is 1. The molecule has 1 aromatic carbocycles. The van der Waals surface area contributed by atoms with E-state index in [1.54, 1.807) is 6.08 Å². The number of rotatable bonds is 5. The lowest BCUT2D eigenvalue weighted by Crippen LogP contribution is -2.37. The van der Waals surface area contributed by atoms with E-state index < -0.39 is 28.9 Å². The molecule has 0 radical (unpaired) electrons. The van der Waals surface area contributed by atoms with E-state index in [1.165, 1.54) is 4.90 Å². The molecule has 0 saturated carbocycles. The SMILES string of the molecule is C=CCC1(C(C)C)CCN(Cc2cc(C(F)(F)F)cc(C(F)(F)F)c2)C1=O. The number of halogens is 6. The zero-order chi connectivity index (χ0) is 20.6. The summed E-state index contributed by atoms with van der Waals surface area (Å²) >= 11 is 0. The molecule has 8 heteroatoms. The Morgan fingerprint density at radius 1 is 1.11 bits per heavy atom. The van der Waals surface area contributed by atoms with Gasteiger partial charge in [-0.05, 0) is 42.5 Å². The minimum Gasteiger partial charge on any atom is -0.338 e. The number of carbonyl (C=O) groups is 1. The molecule has 0 aromatic heterocycles. The number of hydrogen-bond donors (Lipinski definition) is 0. The van der Waals surface area contributed by atoms with Crippen molar-refractivity contribution in [3.05, 3.63) is 47.5 Å². The van der Waals surface area contributed by atoms with Crippen molar-refractivity contribution in [3.8, 4) is 0 Å². The summed E-state index contributed by atoms with van der Waals surface area (Å²) in [7, 11) is 0. The Morgan fingerprint density at radius 3 is 2.04 bits per heavy atom. The molecule has 1 unspecified atom stereocenters. The summed E-state index contributed by atoms with van der Waals surface area (Å²) in [6, 6.07) is 1.43. The second-order valence-corrected chi connectivity index (χ2v) is 7.19. The van der Waals surface area contributed by atoms with Crippen molar-refractivity contribution in [3.63, 3.8) is 0 Å². The molecule has 1 aromatic rings. The predicted octanol–water partition coefficient (Wildman–Crippen LogP) is 5.68. The van der Waals surface area contributed by atoms with Crippen molar-refractivity contribution in [1.29, 1.82) is 0 Å². The van der Waals surface area contributed by atoms with Gasteiger partial charge in [0.2, 0.25) is 5.91 Å². The molecule has 1 aliphatic heterocycles. The first-order chi connectivity index (χ1) is 12.3. The summed E-state index contributed by atoms with van der Waals surface area (Å²) in [5, 5.41) is 0. The molecule has 1 aliphatic rings. The van der Waals surface area contributed by atoms with Gasteiger partial charge < -0.3 is 4.90 Å². The number of amides is 1. The first-order valence-corrected chi connectivity index (χ1v) is 8.50. The maximum Gasteiger partial charge on any atom is 0.416 e. The van der Waals surface area contributed by atoms with Crippen LogP contribution in [-0.2, 0) is 23.7 Å². The molecule has 0 aliphatic carbocycles. The Balaban J connectivity index is 2.37. The fourth-order valence-corrected chi connectivity index (χ4v) is 3.56. The molecule has 1 heterocycles. The van der Waals surface area contributed by atoms with Gasteiger partial charge in [-0.15, -0.1) is 6.58 Å². The van der Waals surface area contributed by atoms with E-state index in [-0.39, 0.29) is 36.5 Å². The van der Waals surface area contributed by atoms with Crippen LogP contribution in [0.5, 0.6) is 0 Å². The normalized spacial score (nSPS) is 21.2. The van der Waals surface area contributed by atoms with Gasteiger partial charge in [0.1, 0.15) is 0 Å². The van der Waals surface area contributed by atoms with Crippen LogP contribution in [0.25, 0.3) is 0 Å². The summed E-state index contributed by atoms with van der Waals surface area (Å²) in [6.07, 6.45) is -7.30. The van der Waals surface area contributed by atoms with E-state index in [9.17, 15) is 31.1 Å². The number of nitrogens with zero attached hydrogens (tertiary/aromatic N) is 1. The monoisotopic (exact) mass is 393 g/mol. The Hall–Kier alpha value is -1.99. The van der Waals surface area contributed by atoms with E-state index in [0.717, 1.165) is 0 Å². The third kappa shape index (κ3) is 4.30. The Bertz CT molecular complexity index is 690. The average molecular weight is 393 g/mol. The topological polar surface area (TPSA) is 20.3 Å². The van der Waals surface area contributed by atoms with Gasteiger partial charge in [-0.25, -0.2) is 0 Å². The van der Waals surface area contributed by atoms with Crippen LogP contribution in [0.4, 0.5) is 26.3 Å². The second kappa shape index (κ2) is 7.20. The number of likely N-dealkylation sites (tertiary alicyclic amines) is 1. The quantitative estimate of drug-likeness (QED) is 0.466. The van der Waals surface area contributed by atoms with Crippen molar-refractivity contribution in [2.45, 2.75) is 45.6 Å². The summed E-state index contributed by atoms with van der Waals surface area (Å²) in [4.78, 5) is 14.2. The van der Waals surface area contributed by atoms with E-state index in [0.29, 0.717) is 25.0 Å². The van der Waals surface area contributed by atoms with E-state index in [4.69, 9.17) is 0 Å². The van der Waals surface area contributed by atoms with Crippen molar-refractivity contribution >= 4 is 5.91 Å². The van der Waals surface area contributed by atoms with Crippen LogP contribution in [0.15, 0.2) is 30.9 Å². The molecule has 1 fully saturated rings. The summed E-state index contributed by atoms with van der Waals surface area (Å²) in [5.41, 5.74) is -3.65. The fraction of sp³-hybridized carbons (Fsp3) is 0.526. The van der Waals surface area contributed by atoms with E-state index in [1.807, 2.05) is 13.8 Å². The molecule has 1 saturated heterocycles. The zero-order valence-corrected chi connectivity index (χ0v) is 15.0. The molecule has 2 nitrogen and oxygen atoms in total. The Labute approximate surface area is 153 Å². The molecule has 27 heavy (non-hydrogen) atoms. The first kappa shape index (κ1) is 21.3. The minimum absolute atomic E-state index is 0.0276. The van der Waals surface area contributed by atoms with Gasteiger partial charge in [-0.3, -0.25) is 4.79 Å². The average Bonchev–Trinajstić information content (AvgIpc) is 2.84. The third-order valence-corrected chi connectivity index (χ3v) is 5.18. The number of hydrogen-bond acceptors (Lipinski definition) is 1. The largest absolute Gasteiger partial charge is 0.416 e. The highest BCUT2D eigenvalue weighted by molar-refractivity contribution is 5.85. The first-order valence-electron chi connectivity index (χ1n) is 8.50. The lowest BCUT2D eigenvalue weighted by atomic mass is 9.73. The predicted molar refractivity (Wildman–Crippen MR) is 88.6 cm³/mol. The van der Waals surface area contributed by atoms with Gasteiger partial charge in [0, 0.05) is 13.1 Å². The van der Waals surface area contributed by atoms with Gasteiger partial charge in [0.15, 0.2) is 0 Å². The van der Waals surface area contributed by atoms with Gasteiger partial charge in [0.25, 0.3) is 0 Å². The number of alkyl halides is 6. The molecular weight excluding hydrogens is 372 g/mol. The van der Waals surface area contributed by atoms with Crippen molar-refractivity contribution in [1.82, 2.24) is 4.90 Å². The minimum atomic E-state index is -4.91. The van der Waals surface area contributed by atoms with E-state index >= 15 is 0 Å². The van der Waals surface area contributed by atoms with Crippen molar-refractivity contribution < 1.29 is 31.1 Å². The smallest absolute Gasteiger partial charge is 0.338 e. The number of allylic oxidation sites excluding steroid dienone is 1. The van der Waals surface area contributed by atoms with Crippen LogP contribution in [0, 0.1) is 11.3 Å². The van der Waals surface area contributed by atoms with Gasteiger partial charge in [-0.2, -0.15) is 26.3 Å². The van der Waals surface area contributed by atoms with Gasteiger partial charge in [-0.1, -0.05) is 19.9 Å². The molecule has 2 rings (SSSR count). The second-order valence-electron chi connectivity index (χ2n) is 7.19. The van der Waals surface area contributed by atoms with Crippen molar-refractivity contribution in [2.75, 3.05) is 6.54 Å². The van der Waals surface area contributed by atoms with Gasteiger partial charge >= 0.3 is 12.4 Å². The maximum atomic E-state index is 13.0. The zero-order valence-electron chi connectivity index (χ0n) is 15.0. The van der Waals surface area contributed by atoms with Crippen LogP contribution in [0.2, 0.25) is 0 Å². The molecule has 0 bridgehead atoms. The molecular formula is C19H21F6NO. The molecule has 0 spiro atoms. The number of benzene rings is 1. The third-order valence-electron chi connectivity index (χ3n) is 5.18. The van der Waals surface area contributed by atoms with E-state index in [2.05, 4.69) is 6.58 Å². The summed E-state index contributed by atoms with van der Waals surface area (Å²) in [5.74, 6) is -0.288. The van der Waals surface area contributed by atoms with Crippen LogP contribution in [0.3, 0.4) is 0 Å². The van der Waals surface area contributed by atoms with Gasteiger partial charge in [0.05, 0.1) is 16.5 Å². The maximum absolute atomic E-state index is 13.0. The highest BCUT2D eigenvalue weighted by Gasteiger charge is 2.48. The highest BCUT2D eigenvalue weighted by Crippen LogP contribution is 2.43. The van der Waals surface area contributed by atoms with Crippen LogP contribution >= 0.6 is 0 Å². The molecule has 0 N–H and O–H groups in total. The standard InChI is InChI=1S/C19H21F6NO/c1-4-5-17(12(2)3)6-7-26(16(17)27)11-13-8-14(18(20,21)22)10-15(9-13)19(23,24)25/h4,8-10,12H,1,5-7,11H2,2-3H3. The fourth-order valence-electron chi connectivity index (χ4n) is 3.56. The summed E-state index contributed by atoms with van der Waals surface area (Å²) < 4.78 is 78.0. The lowest BCUT2D eigenvalue weighted by molar-refractivity contribution is -0.143. The molecule has 150 valence electrons. The highest BCUT2D eigenvalue weighted by atomic mass is 19.4.